The monoisotopic (exact) mass is 351 g/mol. The Morgan fingerprint density at radius 3 is 2.88 bits per heavy atom. The summed E-state index contributed by atoms with van der Waals surface area (Å²) in [6.45, 7) is 2.34. The van der Waals surface area contributed by atoms with Gasteiger partial charge in [-0.2, -0.15) is 5.10 Å². The number of hydrogen-bond donors (Lipinski definition) is 1. The van der Waals surface area contributed by atoms with Gasteiger partial charge in [0.2, 0.25) is 10.0 Å². The summed E-state index contributed by atoms with van der Waals surface area (Å²) in [7, 11) is -0.451. The zero-order valence-corrected chi connectivity index (χ0v) is 14.7. The molecule has 130 valence electrons. The predicted octanol–water partition coefficient (Wildman–Crippen LogP) is 1.55. The minimum atomic E-state index is -3.73. The quantitative estimate of drug-likeness (QED) is 0.884. The lowest BCUT2D eigenvalue weighted by atomic mass is 10.1. The van der Waals surface area contributed by atoms with Crippen LogP contribution in [0.3, 0.4) is 0 Å². The molecule has 7 nitrogen and oxygen atoms in total. The van der Waals surface area contributed by atoms with Crippen molar-refractivity contribution in [1.29, 1.82) is 0 Å². The van der Waals surface area contributed by atoms with Gasteiger partial charge in [-0.3, -0.25) is 4.68 Å². The Morgan fingerprint density at radius 2 is 2.21 bits per heavy atom. The molecule has 1 aromatic heterocycles. The Kier molecular flexibility index (Phi) is 4.62. The molecule has 24 heavy (non-hydrogen) atoms. The van der Waals surface area contributed by atoms with Gasteiger partial charge in [0, 0.05) is 25.4 Å². The Labute approximate surface area is 141 Å². The number of methoxy groups -OCH3 is 1. The van der Waals surface area contributed by atoms with Gasteiger partial charge in [-0.25, -0.2) is 13.1 Å². The fourth-order valence-corrected chi connectivity index (χ4v) is 4.41. The summed E-state index contributed by atoms with van der Waals surface area (Å²) in [5.74, 6) is 0.324. The molecule has 2 aromatic rings. The van der Waals surface area contributed by atoms with Gasteiger partial charge in [0.15, 0.2) is 0 Å². The molecule has 0 amide bonds. The summed E-state index contributed by atoms with van der Waals surface area (Å²) in [5, 5.41) is 4.13. The van der Waals surface area contributed by atoms with Crippen LogP contribution in [0.15, 0.2) is 35.5 Å². The average molecular weight is 351 g/mol. The smallest absolute Gasteiger partial charge is 0.244 e. The van der Waals surface area contributed by atoms with Crippen molar-refractivity contribution in [1.82, 2.24) is 14.5 Å². The second-order valence-corrected chi connectivity index (χ2v) is 7.59. The predicted molar refractivity (Wildman–Crippen MR) is 88.4 cm³/mol. The molecule has 1 fully saturated rings. The first-order valence-electron chi connectivity index (χ1n) is 7.68. The Bertz CT molecular complexity index is 832. The third-order valence-corrected chi connectivity index (χ3v) is 5.57. The number of aromatic nitrogens is 2. The minimum absolute atomic E-state index is 0.141. The van der Waals surface area contributed by atoms with Crippen molar-refractivity contribution in [3.8, 4) is 5.75 Å². The molecule has 2 heterocycles. The van der Waals surface area contributed by atoms with E-state index in [1.54, 1.807) is 23.0 Å². The van der Waals surface area contributed by atoms with Gasteiger partial charge in [-0.15, -0.1) is 0 Å². The fraction of sp³-hybridized carbons (Fsp3) is 0.438. The highest BCUT2D eigenvalue weighted by atomic mass is 32.2. The lowest BCUT2D eigenvalue weighted by Gasteiger charge is -2.20. The highest BCUT2D eigenvalue weighted by molar-refractivity contribution is 7.89. The molecule has 8 heteroatoms. The van der Waals surface area contributed by atoms with E-state index >= 15 is 0 Å². The normalized spacial score (nSPS) is 21.1. The number of aryl methyl sites for hydroxylation is 2. The van der Waals surface area contributed by atoms with Gasteiger partial charge < -0.3 is 9.47 Å². The number of ether oxygens (including phenoxy) is 2. The maximum absolute atomic E-state index is 12.8. The lowest BCUT2D eigenvalue weighted by molar-refractivity contribution is 0.102. The van der Waals surface area contributed by atoms with Crippen LogP contribution in [0, 0.1) is 6.92 Å². The maximum Gasteiger partial charge on any atom is 0.244 e. The third-order valence-electron chi connectivity index (χ3n) is 4.06. The van der Waals surface area contributed by atoms with Crippen molar-refractivity contribution >= 4 is 10.0 Å². The first-order valence-corrected chi connectivity index (χ1v) is 9.16. The number of rotatable bonds is 5. The van der Waals surface area contributed by atoms with Gasteiger partial charge >= 0.3 is 0 Å². The lowest BCUT2D eigenvalue weighted by Crippen LogP contribution is -2.36. The zero-order valence-electron chi connectivity index (χ0n) is 13.9. The molecule has 0 radical (unpaired) electrons. The molecule has 1 N–H and O–H groups in total. The maximum atomic E-state index is 12.8. The SMILES string of the molecule is COc1ccc(C)cc1S(=O)(=O)N[C@H]1CCO[C@@H]1c1cnn(C)c1. The Morgan fingerprint density at radius 1 is 1.42 bits per heavy atom. The molecule has 0 bridgehead atoms. The van der Waals surface area contributed by atoms with Crippen molar-refractivity contribution in [2.24, 2.45) is 7.05 Å². The number of nitrogens with one attached hydrogen (secondary N) is 1. The number of sulfonamides is 1. The van der Waals surface area contributed by atoms with E-state index in [1.807, 2.05) is 26.2 Å². The van der Waals surface area contributed by atoms with Crippen LogP contribution in [0.25, 0.3) is 0 Å². The minimum Gasteiger partial charge on any atom is -0.495 e. The summed E-state index contributed by atoms with van der Waals surface area (Å²) in [6.07, 6.45) is 3.80. The second-order valence-electron chi connectivity index (χ2n) is 5.91. The second kappa shape index (κ2) is 6.54. The van der Waals surface area contributed by atoms with E-state index in [-0.39, 0.29) is 17.0 Å². The van der Waals surface area contributed by atoms with Crippen molar-refractivity contribution < 1.29 is 17.9 Å². The summed E-state index contributed by atoms with van der Waals surface area (Å²) >= 11 is 0. The summed E-state index contributed by atoms with van der Waals surface area (Å²) in [5.41, 5.74) is 1.71. The molecule has 2 atom stereocenters. The summed E-state index contributed by atoms with van der Waals surface area (Å²) < 4.78 is 41.0. The molecule has 0 aliphatic carbocycles. The molecule has 3 rings (SSSR count). The topological polar surface area (TPSA) is 82.5 Å². The fourth-order valence-electron chi connectivity index (χ4n) is 2.88. The molecule has 0 saturated carbocycles. The summed E-state index contributed by atoms with van der Waals surface area (Å²) in [6, 6.07) is 4.74. The third kappa shape index (κ3) is 3.31. The van der Waals surface area contributed by atoms with E-state index in [0.29, 0.717) is 18.8 Å². The molecular weight excluding hydrogens is 330 g/mol. The number of nitrogens with zero attached hydrogens (tertiary/aromatic N) is 2. The number of hydrogen-bond acceptors (Lipinski definition) is 5. The van der Waals surface area contributed by atoms with Gasteiger partial charge in [0.25, 0.3) is 0 Å². The van der Waals surface area contributed by atoms with E-state index in [0.717, 1.165) is 11.1 Å². The molecule has 1 aliphatic rings. The van der Waals surface area contributed by atoms with Crippen LogP contribution in [0.2, 0.25) is 0 Å². The first-order chi connectivity index (χ1) is 11.4. The molecule has 0 unspecified atom stereocenters. The van der Waals surface area contributed by atoms with E-state index in [1.165, 1.54) is 7.11 Å². The molecule has 1 saturated heterocycles. The van der Waals surface area contributed by atoms with Crippen molar-refractivity contribution in [3.05, 3.63) is 41.7 Å². The Balaban J connectivity index is 1.87. The van der Waals surface area contributed by atoms with Crippen LogP contribution in [0.5, 0.6) is 5.75 Å². The molecule has 0 spiro atoms. The molecule has 1 aromatic carbocycles. The molecule has 1 aliphatic heterocycles. The standard InChI is InChI=1S/C16H21N3O4S/c1-11-4-5-14(22-3)15(8-11)24(20,21)18-13-6-7-23-16(13)12-9-17-19(2)10-12/h4-5,8-10,13,16,18H,6-7H2,1-3H3/t13-,16+/m0/s1. The van der Waals surface area contributed by atoms with Gasteiger partial charge in [0.05, 0.1) is 19.3 Å². The average Bonchev–Trinajstić information content (AvgIpc) is 3.15. The first kappa shape index (κ1) is 16.9. The van der Waals surface area contributed by atoms with Crippen LogP contribution in [0.1, 0.15) is 23.7 Å². The van der Waals surface area contributed by atoms with E-state index in [4.69, 9.17) is 9.47 Å². The summed E-state index contributed by atoms with van der Waals surface area (Å²) in [4.78, 5) is 0.141. The van der Waals surface area contributed by atoms with Crippen LogP contribution in [-0.4, -0.2) is 38.0 Å². The van der Waals surface area contributed by atoms with Gasteiger partial charge in [-0.05, 0) is 31.0 Å². The van der Waals surface area contributed by atoms with E-state index in [9.17, 15) is 8.42 Å². The van der Waals surface area contributed by atoms with Crippen LogP contribution in [-0.2, 0) is 21.8 Å². The van der Waals surface area contributed by atoms with Gasteiger partial charge in [-0.1, -0.05) is 6.07 Å². The number of benzene rings is 1. The van der Waals surface area contributed by atoms with Crippen molar-refractivity contribution in [3.63, 3.8) is 0 Å². The van der Waals surface area contributed by atoms with E-state index in [2.05, 4.69) is 9.82 Å². The van der Waals surface area contributed by atoms with Crippen molar-refractivity contribution in [2.75, 3.05) is 13.7 Å². The Hall–Kier alpha value is -1.90. The van der Waals surface area contributed by atoms with Crippen LogP contribution >= 0.6 is 0 Å². The zero-order chi connectivity index (χ0) is 17.3. The highest BCUT2D eigenvalue weighted by Gasteiger charge is 2.35. The largest absolute Gasteiger partial charge is 0.495 e. The van der Waals surface area contributed by atoms with E-state index < -0.39 is 10.0 Å². The highest BCUT2D eigenvalue weighted by Crippen LogP contribution is 2.31. The van der Waals surface area contributed by atoms with Crippen molar-refractivity contribution in [2.45, 2.75) is 30.4 Å². The molecular formula is C16H21N3O4S. The van der Waals surface area contributed by atoms with Crippen LogP contribution < -0.4 is 9.46 Å². The van der Waals surface area contributed by atoms with Gasteiger partial charge in [0.1, 0.15) is 16.7 Å². The van der Waals surface area contributed by atoms with Crippen LogP contribution in [0.4, 0.5) is 0 Å².